The molecule has 0 fully saturated rings. The largest absolute Gasteiger partial charge is 0.478 e. The van der Waals surface area contributed by atoms with Crippen LogP contribution >= 0.6 is 27.5 Å². The molecule has 1 aliphatic rings. The van der Waals surface area contributed by atoms with Crippen molar-refractivity contribution in [2.45, 2.75) is 13.0 Å². The maximum absolute atomic E-state index is 12.9. The second-order valence-electron chi connectivity index (χ2n) is 8.73. The normalized spacial score (nSPS) is 13.6. The molecule has 0 saturated carbocycles. The van der Waals surface area contributed by atoms with Crippen molar-refractivity contribution in [1.29, 1.82) is 0 Å². The number of rotatable bonds is 4. The smallest absolute Gasteiger partial charge is 0.344 e. The van der Waals surface area contributed by atoms with E-state index in [0.717, 1.165) is 28.4 Å². The number of fused-ring (bicyclic) bond motifs is 4. The predicted molar refractivity (Wildman–Crippen MR) is 143 cm³/mol. The summed E-state index contributed by atoms with van der Waals surface area (Å²) in [6.07, 6.45) is 0.823. The van der Waals surface area contributed by atoms with Gasteiger partial charge in [-0.25, -0.2) is 9.59 Å². The zero-order chi connectivity index (χ0) is 24.8. The van der Waals surface area contributed by atoms with Crippen LogP contribution in [0.15, 0.2) is 89.6 Å². The molecule has 5 aromatic rings. The second-order valence-corrected chi connectivity index (χ2v) is 10.1. The molecule has 1 aliphatic heterocycles. The molecule has 0 radical (unpaired) electrons. The van der Waals surface area contributed by atoms with Gasteiger partial charge in [0, 0.05) is 45.0 Å². The summed E-state index contributed by atoms with van der Waals surface area (Å²) < 4.78 is 18.1. The lowest BCUT2D eigenvalue weighted by atomic mass is 9.99. The fraction of sp³-hybridized carbons (Fsp3) is 0.143. The minimum absolute atomic E-state index is 0.301. The number of ether oxygens (including phenoxy) is 1. The number of benzene rings is 3. The van der Waals surface area contributed by atoms with Crippen molar-refractivity contribution in [2.24, 2.45) is 0 Å². The summed E-state index contributed by atoms with van der Waals surface area (Å²) in [6.45, 7) is 1.73. The fourth-order valence-electron chi connectivity index (χ4n) is 4.57. The highest BCUT2D eigenvalue weighted by Crippen LogP contribution is 2.36. The van der Waals surface area contributed by atoms with E-state index in [9.17, 15) is 9.59 Å². The van der Waals surface area contributed by atoms with Gasteiger partial charge in [-0.3, -0.25) is 4.90 Å². The molecule has 2 aromatic heterocycles. The third-order valence-electron chi connectivity index (χ3n) is 6.37. The van der Waals surface area contributed by atoms with Gasteiger partial charge in [-0.1, -0.05) is 39.7 Å². The molecule has 6 nitrogen and oxygen atoms in total. The third kappa shape index (κ3) is 4.34. The van der Waals surface area contributed by atoms with E-state index in [1.165, 1.54) is 11.6 Å². The van der Waals surface area contributed by atoms with Crippen LogP contribution in [-0.2, 0) is 13.0 Å². The van der Waals surface area contributed by atoms with Gasteiger partial charge in [-0.15, -0.1) is 0 Å². The van der Waals surface area contributed by atoms with Crippen LogP contribution in [-0.4, -0.2) is 18.2 Å². The number of hydrogen-bond donors (Lipinski definition) is 0. The van der Waals surface area contributed by atoms with Gasteiger partial charge in [0.25, 0.3) is 0 Å². The lowest BCUT2D eigenvalue weighted by molar-refractivity contribution is 0.0968. The molecule has 3 aromatic carbocycles. The molecule has 36 heavy (non-hydrogen) atoms. The Bertz CT molecular complexity index is 1740. The van der Waals surface area contributed by atoms with Crippen molar-refractivity contribution in [3.63, 3.8) is 0 Å². The molecule has 0 spiro atoms. The highest BCUT2D eigenvalue weighted by molar-refractivity contribution is 9.10. The van der Waals surface area contributed by atoms with Crippen molar-refractivity contribution < 1.29 is 13.6 Å². The maximum Gasteiger partial charge on any atom is 0.344 e. The van der Waals surface area contributed by atoms with Crippen molar-refractivity contribution in [3.05, 3.63) is 108 Å². The van der Waals surface area contributed by atoms with Gasteiger partial charge < -0.3 is 13.6 Å². The molecule has 8 heteroatoms. The number of halogens is 2. The minimum Gasteiger partial charge on any atom is -0.478 e. The summed E-state index contributed by atoms with van der Waals surface area (Å²) in [6, 6.07) is 19.9. The Kier molecular flexibility index (Phi) is 5.91. The van der Waals surface area contributed by atoms with Crippen LogP contribution in [0.2, 0.25) is 5.02 Å². The second kappa shape index (κ2) is 9.24. The van der Waals surface area contributed by atoms with Crippen molar-refractivity contribution in [3.8, 4) is 16.9 Å². The fourth-order valence-corrected chi connectivity index (χ4v) is 5.07. The monoisotopic (exact) mass is 563 g/mol. The van der Waals surface area contributed by atoms with E-state index in [2.05, 4.69) is 20.8 Å². The van der Waals surface area contributed by atoms with Crippen LogP contribution in [0.4, 0.5) is 0 Å². The van der Waals surface area contributed by atoms with Crippen molar-refractivity contribution >= 4 is 49.5 Å². The lowest BCUT2D eigenvalue weighted by Gasteiger charge is -2.29. The summed E-state index contributed by atoms with van der Waals surface area (Å²) in [5.74, 6) is 0.667. The Hall–Kier alpha value is -3.39. The average Bonchev–Trinajstić information content (AvgIpc) is 2.87. The van der Waals surface area contributed by atoms with Gasteiger partial charge in [0.1, 0.15) is 23.6 Å². The first kappa shape index (κ1) is 23.0. The zero-order valence-corrected chi connectivity index (χ0v) is 21.3. The standard InChI is InChI=1S/C28H19BrClNO5/c29-18-3-7-24-17(11-18)12-22(28(33)35-24)21-13-26(32)36-27-20(21)6-8-25-23(27)14-31(15-34-25)10-9-16-1-4-19(30)5-2-16/h1-8,11-13H,9-10,14-15H2. The summed E-state index contributed by atoms with van der Waals surface area (Å²) in [7, 11) is 0. The Morgan fingerprint density at radius 2 is 1.75 bits per heavy atom. The molecule has 180 valence electrons. The van der Waals surface area contributed by atoms with E-state index >= 15 is 0 Å². The first-order valence-electron chi connectivity index (χ1n) is 11.4. The molecule has 0 amide bonds. The van der Waals surface area contributed by atoms with E-state index in [-0.39, 0.29) is 0 Å². The lowest BCUT2D eigenvalue weighted by Crippen LogP contribution is -2.33. The summed E-state index contributed by atoms with van der Waals surface area (Å²) in [4.78, 5) is 27.7. The van der Waals surface area contributed by atoms with Crippen molar-refractivity contribution in [1.82, 2.24) is 4.90 Å². The molecule has 0 bridgehead atoms. The van der Waals surface area contributed by atoms with Crippen LogP contribution in [0.1, 0.15) is 11.1 Å². The first-order chi connectivity index (χ1) is 17.4. The zero-order valence-electron chi connectivity index (χ0n) is 18.9. The summed E-state index contributed by atoms with van der Waals surface area (Å²) in [5, 5.41) is 2.10. The molecule has 6 rings (SSSR count). The molecule has 3 heterocycles. The van der Waals surface area contributed by atoms with Crippen LogP contribution in [0.3, 0.4) is 0 Å². The van der Waals surface area contributed by atoms with E-state index in [1.54, 1.807) is 12.1 Å². The van der Waals surface area contributed by atoms with E-state index in [0.29, 0.717) is 51.7 Å². The van der Waals surface area contributed by atoms with Crippen molar-refractivity contribution in [2.75, 3.05) is 13.3 Å². The molecular weight excluding hydrogens is 546 g/mol. The molecule has 0 unspecified atom stereocenters. The Balaban J connectivity index is 1.40. The van der Waals surface area contributed by atoms with Crippen LogP contribution in [0, 0.1) is 0 Å². The molecule has 0 aliphatic carbocycles. The highest BCUT2D eigenvalue weighted by Gasteiger charge is 2.23. The Morgan fingerprint density at radius 1 is 0.917 bits per heavy atom. The van der Waals surface area contributed by atoms with E-state index in [1.807, 2.05) is 48.5 Å². The SMILES string of the molecule is O=c1cc(-c2cc3cc(Br)ccc3oc2=O)c2ccc3c(c2o1)CN(CCc1ccc(Cl)cc1)CO3. The molecule has 0 saturated heterocycles. The number of nitrogens with zero attached hydrogens (tertiary/aromatic N) is 1. The predicted octanol–water partition coefficient (Wildman–Crippen LogP) is 6.38. The molecular formula is C28H19BrClNO5. The van der Waals surface area contributed by atoms with Gasteiger partial charge in [-0.05, 0) is 60.5 Å². The van der Waals surface area contributed by atoms with Gasteiger partial charge in [0.15, 0.2) is 0 Å². The van der Waals surface area contributed by atoms with Crippen LogP contribution < -0.4 is 16.0 Å². The topological polar surface area (TPSA) is 72.9 Å². The van der Waals surface area contributed by atoms with Crippen LogP contribution in [0.25, 0.3) is 33.1 Å². The minimum atomic E-state index is -0.544. The average molecular weight is 565 g/mol. The molecule has 0 atom stereocenters. The van der Waals surface area contributed by atoms with Gasteiger partial charge >= 0.3 is 11.3 Å². The maximum atomic E-state index is 12.9. The molecule has 0 N–H and O–H groups in total. The van der Waals surface area contributed by atoms with E-state index < -0.39 is 11.3 Å². The van der Waals surface area contributed by atoms with E-state index in [4.69, 9.17) is 25.2 Å². The first-order valence-corrected chi connectivity index (χ1v) is 12.5. The Labute approximate surface area is 218 Å². The Morgan fingerprint density at radius 3 is 2.58 bits per heavy atom. The number of hydrogen-bond acceptors (Lipinski definition) is 6. The quantitative estimate of drug-likeness (QED) is 0.236. The highest BCUT2D eigenvalue weighted by atomic mass is 79.9. The van der Waals surface area contributed by atoms with Gasteiger partial charge in [0.2, 0.25) is 0 Å². The van der Waals surface area contributed by atoms with Gasteiger partial charge in [0.05, 0.1) is 11.1 Å². The summed E-state index contributed by atoms with van der Waals surface area (Å²) in [5.41, 5.74) is 2.55. The summed E-state index contributed by atoms with van der Waals surface area (Å²) >= 11 is 9.44. The van der Waals surface area contributed by atoms with Gasteiger partial charge in [-0.2, -0.15) is 0 Å². The third-order valence-corrected chi connectivity index (χ3v) is 7.12. The van der Waals surface area contributed by atoms with Crippen LogP contribution in [0.5, 0.6) is 5.75 Å².